The molecular formula is C27H20F2N2O5S. The predicted octanol–water partition coefficient (Wildman–Crippen LogP) is 4.71. The first-order valence-electron chi connectivity index (χ1n) is 11.5. The van der Waals surface area contributed by atoms with E-state index in [0.717, 1.165) is 10.8 Å². The van der Waals surface area contributed by atoms with Crippen molar-refractivity contribution in [3.8, 4) is 22.8 Å². The van der Waals surface area contributed by atoms with E-state index in [1.54, 1.807) is 18.2 Å². The normalized spacial score (nSPS) is 17.1. The molecule has 4 aromatic rings. The molecule has 2 N–H and O–H groups in total. The third kappa shape index (κ3) is 4.21. The highest BCUT2D eigenvalue weighted by Gasteiger charge is 2.52. The van der Waals surface area contributed by atoms with E-state index < -0.39 is 21.7 Å². The molecule has 0 unspecified atom stereocenters. The SMILES string of the molecule is NS(=O)(=O)c1ccc(-c2nc(CC(=O)C3(c4ccc5c(c4)OC(F)(F)O5)CC3)cc3ccccc23)cc1. The largest absolute Gasteiger partial charge is 0.586 e. The molecule has 0 atom stereocenters. The number of Topliss-reactive ketones (excluding diaryl/α,β-unsaturated/α-hetero) is 1. The number of halogens is 2. The summed E-state index contributed by atoms with van der Waals surface area (Å²) in [5.41, 5.74) is 1.65. The minimum Gasteiger partial charge on any atom is -0.395 e. The average Bonchev–Trinajstić information content (AvgIpc) is 3.60. The van der Waals surface area contributed by atoms with E-state index in [1.807, 2.05) is 30.3 Å². The molecule has 0 spiro atoms. The molecule has 2 aliphatic rings. The van der Waals surface area contributed by atoms with Gasteiger partial charge in [-0.25, -0.2) is 13.6 Å². The van der Waals surface area contributed by atoms with Crippen molar-refractivity contribution in [2.75, 3.05) is 0 Å². The number of ketones is 1. The summed E-state index contributed by atoms with van der Waals surface area (Å²) in [5, 5.41) is 6.94. The third-order valence-electron chi connectivity index (χ3n) is 6.83. The van der Waals surface area contributed by atoms with E-state index in [2.05, 4.69) is 9.47 Å². The summed E-state index contributed by atoms with van der Waals surface area (Å²) in [6.07, 6.45) is -2.49. The number of ether oxygens (including phenoxy) is 2. The van der Waals surface area contributed by atoms with Crippen molar-refractivity contribution >= 4 is 26.6 Å². The van der Waals surface area contributed by atoms with Gasteiger partial charge in [-0.1, -0.05) is 42.5 Å². The molecule has 1 aliphatic heterocycles. The predicted molar refractivity (Wildman–Crippen MR) is 131 cm³/mol. The Balaban J connectivity index is 1.34. The fraction of sp³-hybridized carbons (Fsp3) is 0.185. The topological polar surface area (TPSA) is 109 Å². The fourth-order valence-corrected chi connectivity index (χ4v) is 5.32. The highest BCUT2D eigenvalue weighted by atomic mass is 32.2. The number of sulfonamides is 1. The standard InChI is InChI=1S/C27H20F2N2O5S/c28-27(29)35-22-10-7-18(14-23(22)36-27)26(11-12-26)24(32)15-19-13-17-3-1-2-4-21(17)25(31-19)16-5-8-20(9-6-16)37(30,33)34/h1-10,13-14H,11-12,15H2,(H2,30,33,34). The second-order valence-corrected chi connectivity index (χ2v) is 10.8. The minimum atomic E-state index is -3.84. The fourth-order valence-electron chi connectivity index (χ4n) is 4.80. The Bertz CT molecular complexity index is 1680. The van der Waals surface area contributed by atoms with E-state index in [1.165, 1.54) is 24.3 Å². The first-order chi connectivity index (χ1) is 17.5. The molecule has 0 radical (unpaired) electrons. The lowest BCUT2D eigenvalue weighted by Gasteiger charge is -2.16. The van der Waals surface area contributed by atoms with Crippen LogP contribution < -0.4 is 14.6 Å². The summed E-state index contributed by atoms with van der Waals surface area (Å²) in [4.78, 5) is 18.3. The molecule has 10 heteroatoms. The van der Waals surface area contributed by atoms with Crippen molar-refractivity contribution in [3.63, 3.8) is 0 Å². The highest BCUT2D eigenvalue weighted by Crippen LogP contribution is 2.52. The van der Waals surface area contributed by atoms with Crippen molar-refractivity contribution in [3.05, 3.63) is 84.1 Å². The summed E-state index contributed by atoms with van der Waals surface area (Å²) in [6.45, 7) is 0. The molecule has 7 nitrogen and oxygen atoms in total. The van der Waals surface area contributed by atoms with Gasteiger partial charge in [-0.3, -0.25) is 9.78 Å². The van der Waals surface area contributed by atoms with Crippen LogP contribution in [-0.4, -0.2) is 25.5 Å². The van der Waals surface area contributed by atoms with Gasteiger partial charge in [0.1, 0.15) is 5.78 Å². The van der Waals surface area contributed by atoms with Gasteiger partial charge in [-0.05, 0) is 54.1 Å². The van der Waals surface area contributed by atoms with Crippen LogP contribution in [-0.2, 0) is 26.7 Å². The number of nitrogens with two attached hydrogens (primary N) is 1. The summed E-state index contributed by atoms with van der Waals surface area (Å²) < 4.78 is 59.3. The molecule has 1 saturated carbocycles. The molecule has 3 aromatic carbocycles. The monoisotopic (exact) mass is 522 g/mol. The van der Waals surface area contributed by atoms with Crippen molar-refractivity contribution in [1.82, 2.24) is 4.98 Å². The molecule has 188 valence electrons. The maximum Gasteiger partial charge on any atom is 0.586 e. The van der Waals surface area contributed by atoms with Crippen molar-refractivity contribution in [1.29, 1.82) is 0 Å². The number of carbonyl (C=O) groups excluding carboxylic acids is 1. The molecule has 0 bridgehead atoms. The molecule has 1 fully saturated rings. The van der Waals surface area contributed by atoms with Crippen molar-refractivity contribution < 1.29 is 31.5 Å². The molecule has 0 saturated heterocycles. The van der Waals surface area contributed by atoms with Crippen molar-refractivity contribution in [2.24, 2.45) is 5.14 Å². The molecule has 1 aromatic heterocycles. The zero-order valence-corrected chi connectivity index (χ0v) is 20.1. The lowest BCUT2D eigenvalue weighted by Crippen LogP contribution is -2.26. The van der Waals surface area contributed by atoms with Gasteiger partial charge < -0.3 is 9.47 Å². The van der Waals surface area contributed by atoms with Gasteiger partial charge in [0.15, 0.2) is 11.5 Å². The van der Waals surface area contributed by atoms with Gasteiger partial charge >= 0.3 is 6.29 Å². The second kappa shape index (κ2) is 8.06. The number of primary sulfonamides is 1. The summed E-state index contributed by atoms with van der Waals surface area (Å²) in [6, 6.07) is 20.0. The number of hydrogen-bond acceptors (Lipinski definition) is 6. The van der Waals surface area contributed by atoms with Crippen LogP contribution in [0.1, 0.15) is 24.1 Å². The molecule has 1 aliphatic carbocycles. The lowest BCUT2D eigenvalue weighted by molar-refractivity contribution is -0.286. The Morgan fingerprint density at radius 3 is 2.35 bits per heavy atom. The molecule has 0 amide bonds. The van der Waals surface area contributed by atoms with Crippen LogP contribution in [0.25, 0.3) is 22.0 Å². The quantitative estimate of drug-likeness (QED) is 0.393. The zero-order valence-electron chi connectivity index (χ0n) is 19.3. The Morgan fingerprint density at radius 1 is 0.946 bits per heavy atom. The first-order valence-corrected chi connectivity index (χ1v) is 13.0. The third-order valence-corrected chi connectivity index (χ3v) is 7.76. The second-order valence-electron chi connectivity index (χ2n) is 9.26. The van der Waals surface area contributed by atoms with Crippen LogP contribution in [0.4, 0.5) is 8.78 Å². The summed E-state index contributed by atoms with van der Waals surface area (Å²) in [5.74, 6) is -0.224. The minimum absolute atomic E-state index is 0.0101. The van der Waals surface area contributed by atoms with E-state index in [4.69, 9.17) is 10.1 Å². The Morgan fingerprint density at radius 2 is 1.65 bits per heavy atom. The van der Waals surface area contributed by atoms with Crippen molar-refractivity contribution in [2.45, 2.75) is 35.9 Å². The number of fused-ring (bicyclic) bond motifs is 2. The van der Waals surface area contributed by atoms with E-state index >= 15 is 0 Å². The van der Waals surface area contributed by atoms with Crippen LogP contribution in [0.2, 0.25) is 0 Å². The Hall–Kier alpha value is -3.89. The number of pyridine rings is 1. The summed E-state index contributed by atoms with van der Waals surface area (Å²) in [7, 11) is -3.84. The first kappa shape index (κ1) is 23.5. The van der Waals surface area contributed by atoms with Gasteiger partial charge in [0.25, 0.3) is 0 Å². The molecule has 2 heterocycles. The molecule has 37 heavy (non-hydrogen) atoms. The summed E-state index contributed by atoms with van der Waals surface area (Å²) >= 11 is 0. The van der Waals surface area contributed by atoms with Crippen LogP contribution in [0.15, 0.2) is 77.7 Å². The molecule has 6 rings (SSSR count). The van der Waals surface area contributed by atoms with Gasteiger partial charge in [0.2, 0.25) is 10.0 Å². The van der Waals surface area contributed by atoms with Gasteiger partial charge in [0.05, 0.1) is 16.0 Å². The average molecular weight is 523 g/mol. The number of rotatable bonds is 6. The maximum atomic E-state index is 13.5. The number of benzene rings is 3. The number of hydrogen-bond donors (Lipinski definition) is 1. The van der Waals surface area contributed by atoms with Gasteiger partial charge in [-0.15, -0.1) is 8.78 Å². The smallest absolute Gasteiger partial charge is 0.395 e. The van der Waals surface area contributed by atoms with Crippen LogP contribution in [0.3, 0.4) is 0 Å². The van der Waals surface area contributed by atoms with Crippen LogP contribution >= 0.6 is 0 Å². The number of carbonyl (C=O) groups is 1. The van der Waals surface area contributed by atoms with Crippen LogP contribution in [0, 0.1) is 0 Å². The number of nitrogens with zero attached hydrogens (tertiary/aromatic N) is 1. The van der Waals surface area contributed by atoms with E-state index in [9.17, 15) is 22.0 Å². The lowest BCUT2D eigenvalue weighted by atomic mass is 9.88. The Kier molecular flexibility index (Phi) is 5.12. The van der Waals surface area contributed by atoms with Gasteiger partial charge in [-0.2, -0.15) is 0 Å². The van der Waals surface area contributed by atoms with Gasteiger partial charge in [0, 0.05) is 23.1 Å². The highest BCUT2D eigenvalue weighted by molar-refractivity contribution is 7.89. The van der Waals surface area contributed by atoms with E-state index in [-0.39, 0.29) is 28.6 Å². The maximum absolute atomic E-state index is 13.5. The molecular weight excluding hydrogens is 502 g/mol. The number of aromatic nitrogens is 1. The number of alkyl halides is 2. The van der Waals surface area contributed by atoms with Crippen LogP contribution in [0.5, 0.6) is 11.5 Å². The van der Waals surface area contributed by atoms with E-state index in [0.29, 0.717) is 35.4 Å². The Labute approximate surface area is 210 Å². The zero-order chi connectivity index (χ0) is 26.0.